The molecule has 28 heavy (non-hydrogen) atoms. The van der Waals surface area contributed by atoms with E-state index in [1.165, 1.54) is 0 Å². The number of carboxylic acids is 1. The van der Waals surface area contributed by atoms with Gasteiger partial charge in [0, 0.05) is 18.5 Å². The predicted molar refractivity (Wildman–Crippen MR) is 104 cm³/mol. The maximum absolute atomic E-state index is 12.2. The Hall–Kier alpha value is -3.22. The van der Waals surface area contributed by atoms with Gasteiger partial charge in [-0.15, -0.1) is 0 Å². The van der Waals surface area contributed by atoms with Crippen molar-refractivity contribution in [2.45, 2.75) is 31.9 Å². The monoisotopic (exact) mass is 387 g/mol. The molecule has 0 aliphatic rings. The zero-order valence-electron chi connectivity index (χ0n) is 16.0. The van der Waals surface area contributed by atoms with Gasteiger partial charge in [-0.1, -0.05) is 30.3 Å². The van der Waals surface area contributed by atoms with Gasteiger partial charge in [-0.25, -0.2) is 4.79 Å². The summed E-state index contributed by atoms with van der Waals surface area (Å²) in [6.45, 7) is 0.144. The Morgan fingerprint density at radius 3 is 2.21 bits per heavy atom. The van der Waals surface area contributed by atoms with E-state index in [9.17, 15) is 9.59 Å². The Balaban J connectivity index is 2.02. The van der Waals surface area contributed by atoms with Crippen molar-refractivity contribution in [1.29, 1.82) is 0 Å². The Labute approximate surface area is 164 Å². The highest BCUT2D eigenvalue weighted by Crippen LogP contribution is 2.24. The van der Waals surface area contributed by atoms with Crippen molar-refractivity contribution in [1.82, 2.24) is 5.32 Å². The van der Waals surface area contributed by atoms with Gasteiger partial charge in [-0.3, -0.25) is 4.79 Å². The van der Waals surface area contributed by atoms with Gasteiger partial charge < -0.3 is 24.6 Å². The van der Waals surface area contributed by atoms with Gasteiger partial charge in [0.25, 0.3) is 0 Å². The molecule has 2 rings (SSSR count). The van der Waals surface area contributed by atoms with Crippen LogP contribution < -0.4 is 14.8 Å². The second kappa shape index (κ2) is 10.8. The molecule has 0 heterocycles. The molecule has 0 radical (unpaired) electrons. The second-order valence-corrected chi connectivity index (χ2v) is 6.26. The summed E-state index contributed by atoms with van der Waals surface area (Å²) in [6, 6.07) is 14.3. The molecule has 150 valence electrons. The first-order chi connectivity index (χ1) is 13.5. The van der Waals surface area contributed by atoms with E-state index in [1.54, 1.807) is 20.3 Å². The molecular weight excluding hydrogens is 362 g/mol. The van der Waals surface area contributed by atoms with Gasteiger partial charge in [0.15, 0.2) is 0 Å². The third kappa shape index (κ3) is 7.19. The molecule has 7 heteroatoms. The van der Waals surface area contributed by atoms with Crippen molar-refractivity contribution in [3.63, 3.8) is 0 Å². The highest BCUT2D eigenvalue weighted by atomic mass is 16.5. The SMILES string of the molecule is COc1cc(CC(CCC(=O)O)NC(=O)OCc2ccccc2)cc(OC)c1. The van der Waals surface area contributed by atoms with Gasteiger partial charge in [0.05, 0.1) is 14.2 Å². The summed E-state index contributed by atoms with van der Waals surface area (Å²) >= 11 is 0. The van der Waals surface area contributed by atoms with E-state index >= 15 is 0 Å². The van der Waals surface area contributed by atoms with Crippen molar-refractivity contribution in [2.24, 2.45) is 0 Å². The summed E-state index contributed by atoms with van der Waals surface area (Å²) in [6.07, 6.45) is 0.0375. The van der Waals surface area contributed by atoms with Crippen LogP contribution >= 0.6 is 0 Å². The molecule has 2 aromatic rings. The van der Waals surface area contributed by atoms with Crippen molar-refractivity contribution in [2.75, 3.05) is 14.2 Å². The van der Waals surface area contributed by atoms with Crippen LogP contribution in [0, 0.1) is 0 Å². The number of carbonyl (C=O) groups excluding carboxylic acids is 1. The maximum Gasteiger partial charge on any atom is 0.407 e. The van der Waals surface area contributed by atoms with Crippen LogP contribution in [0.3, 0.4) is 0 Å². The molecule has 7 nitrogen and oxygen atoms in total. The minimum absolute atomic E-state index is 0.0647. The van der Waals surface area contributed by atoms with Crippen molar-refractivity contribution >= 4 is 12.1 Å². The molecule has 2 aromatic carbocycles. The van der Waals surface area contributed by atoms with Crippen LogP contribution in [-0.4, -0.2) is 37.4 Å². The van der Waals surface area contributed by atoms with Gasteiger partial charge in [0.2, 0.25) is 0 Å². The van der Waals surface area contributed by atoms with Crippen LogP contribution in [0.1, 0.15) is 24.0 Å². The Bertz CT molecular complexity index is 755. The van der Waals surface area contributed by atoms with Crippen LogP contribution in [0.4, 0.5) is 4.79 Å². The number of nitrogens with one attached hydrogen (secondary N) is 1. The number of methoxy groups -OCH3 is 2. The number of carbonyl (C=O) groups is 2. The Morgan fingerprint density at radius 1 is 1.00 bits per heavy atom. The number of hydrogen-bond acceptors (Lipinski definition) is 5. The van der Waals surface area contributed by atoms with Gasteiger partial charge in [0.1, 0.15) is 18.1 Å². The lowest BCUT2D eigenvalue weighted by Crippen LogP contribution is -2.37. The standard InChI is InChI=1S/C21H25NO6/c1-26-18-11-16(12-19(13-18)27-2)10-17(8-9-20(23)24)22-21(25)28-14-15-6-4-3-5-7-15/h3-7,11-13,17H,8-10,14H2,1-2H3,(H,22,25)(H,23,24). The molecule has 0 aliphatic heterocycles. The summed E-state index contributed by atoms with van der Waals surface area (Å²) < 4.78 is 15.8. The number of carboxylic acid groups (broad SMARTS) is 1. The summed E-state index contributed by atoms with van der Waals surface area (Å²) in [5.41, 5.74) is 1.73. The quantitative estimate of drug-likeness (QED) is 0.649. The van der Waals surface area contributed by atoms with E-state index in [2.05, 4.69) is 5.32 Å². The Kier molecular flexibility index (Phi) is 8.14. The maximum atomic E-state index is 12.2. The lowest BCUT2D eigenvalue weighted by Gasteiger charge is -2.19. The summed E-state index contributed by atoms with van der Waals surface area (Å²) in [7, 11) is 3.11. The molecule has 0 bridgehead atoms. The molecule has 2 N–H and O–H groups in total. The number of rotatable bonds is 10. The van der Waals surface area contributed by atoms with Gasteiger partial charge in [-0.2, -0.15) is 0 Å². The van der Waals surface area contributed by atoms with Crippen molar-refractivity contribution in [3.05, 3.63) is 59.7 Å². The average molecular weight is 387 g/mol. The van der Waals surface area contributed by atoms with E-state index in [0.717, 1.165) is 11.1 Å². The van der Waals surface area contributed by atoms with E-state index in [4.69, 9.17) is 19.3 Å². The van der Waals surface area contributed by atoms with E-state index < -0.39 is 18.1 Å². The zero-order chi connectivity index (χ0) is 20.4. The number of ether oxygens (including phenoxy) is 3. The summed E-state index contributed by atoms with van der Waals surface area (Å²) in [5, 5.41) is 11.8. The lowest BCUT2D eigenvalue weighted by molar-refractivity contribution is -0.137. The fraction of sp³-hybridized carbons (Fsp3) is 0.333. The van der Waals surface area contributed by atoms with E-state index in [-0.39, 0.29) is 19.4 Å². The molecule has 1 atom stereocenters. The van der Waals surface area contributed by atoms with Crippen molar-refractivity contribution < 1.29 is 28.9 Å². The molecule has 0 saturated heterocycles. The fourth-order valence-corrected chi connectivity index (χ4v) is 2.72. The predicted octanol–water partition coefficient (Wildman–Crippen LogP) is 3.41. The molecule has 0 spiro atoms. The second-order valence-electron chi connectivity index (χ2n) is 6.26. The first-order valence-corrected chi connectivity index (χ1v) is 8.91. The number of alkyl carbamates (subject to hydrolysis) is 1. The number of aliphatic carboxylic acids is 1. The molecule has 0 aromatic heterocycles. The van der Waals surface area contributed by atoms with Crippen LogP contribution in [0.25, 0.3) is 0 Å². The third-order valence-electron chi connectivity index (χ3n) is 4.13. The number of amides is 1. The summed E-state index contributed by atoms with van der Waals surface area (Å²) in [5.74, 6) is 0.323. The molecule has 0 fully saturated rings. The van der Waals surface area contributed by atoms with Crippen LogP contribution in [0.2, 0.25) is 0 Å². The normalized spacial score (nSPS) is 11.4. The van der Waals surface area contributed by atoms with E-state index in [0.29, 0.717) is 17.9 Å². The summed E-state index contributed by atoms with van der Waals surface area (Å²) in [4.78, 5) is 23.1. The number of hydrogen-bond donors (Lipinski definition) is 2. The minimum Gasteiger partial charge on any atom is -0.497 e. The topological polar surface area (TPSA) is 94.1 Å². The largest absolute Gasteiger partial charge is 0.497 e. The smallest absolute Gasteiger partial charge is 0.407 e. The third-order valence-corrected chi connectivity index (χ3v) is 4.13. The first-order valence-electron chi connectivity index (χ1n) is 8.91. The highest BCUT2D eigenvalue weighted by Gasteiger charge is 2.17. The van der Waals surface area contributed by atoms with Crippen LogP contribution in [-0.2, 0) is 22.6 Å². The van der Waals surface area contributed by atoms with Gasteiger partial charge >= 0.3 is 12.1 Å². The zero-order valence-corrected chi connectivity index (χ0v) is 16.0. The molecule has 1 unspecified atom stereocenters. The molecule has 1 amide bonds. The van der Waals surface area contributed by atoms with E-state index in [1.807, 2.05) is 42.5 Å². The van der Waals surface area contributed by atoms with Crippen LogP contribution in [0.5, 0.6) is 11.5 Å². The average Bonchev–Trinajstić information content (AvgIpc) is 2.70. The Morgan fingerprint density at radius 2 is 1.64 bits per heavy atom. The molecular formula is C21H25NO6. The lowest BCUT2D eigenvalue weighted by atomic mass is 10.0. The first kappa shape index (κ1) is 21.1. The number of benzene rings is 2. The molecule has 0 aliphatic carbocycles. The molecule has 0 saturated carbocycles. The van der Waals surface area contributed by atoms with Crippen LogP contribution in [0.15, 0.2) is 48.5 Å². The van der Waals surface area contributed by atoms with Crippen molar-refractivity contribution in [3.8, 4) is 11.5 Å². The highest BCUT2D eigenvalue weighted by molar-refractivity contribution is 5.68. The minimum atomic E-state index is -0.923. The van der Waals surface area contributed by atoms with Gasteiger partial charge in [-0.05, 0) is 36.1 Å². The fourth-order valence-electron chi connectivity index (χ4n) is 2.72.